The number of carbonyl (C=O) groups is 1. The van der Waals surface area contributed by atoms with Gasteiger partial charge in [0.2, 0.25) is 0 Å². The molecule has 0 saturated heterocycles. The van der Waals surface area contributed by atoms with E-state index in [1.165, 1.54) is 14.7 Å². The average Bonchev–Trinajstić information content (AvgIpc) is 2.90. The summed E-state index contributed by atoms with van der Waals surface area (Å²) in [5.74, 6) is -2.31. The maximum Gasteiger partial charge on any atom is 0.428 e. The Balaban J connectivity index is 0.000000202. The van der Waals surface area contributed by atoms with Crippen molar-refractivity contribution in [3.63, 3.8) is 0 Å². The van der Waals surface area contributed by atoms with Crippen LogP contribution in [0.5, 0.6) is 0 Å². The molecule has 1 saturated carbocycles. The first-order valence-electron chi connectivity index (χ1n) is 11.6. The molecule has 1 aliphatic rings. The number of benzene rings is 3. The molecule has 0 spiro atoms. The summed E-state index contributed by atoms with van der Waals surface area (Å²) in [6.07, 6.45) is 4.42. The lowest BCUT2D eigenvalue weighted by Crippen LogP contribution is -2.39. The monoisotopic (exact) mass is 534 g/mol. The summed E-state index contributed by atoms with van der Waals surface area (Å²) in [5, 5.41) is -5.00. The minimum absolute atomic E-state index is 0.0146. The van der Waals surface area contributed by atoms with E-state index in [-0.39, 0.29) is 23.4 Å². The molecule has 1 aliphatic carbocycles. The number of hydrogen-bond acceptors (Lipinski definition) is 5. The molecular weight excluding hydrogens is 506 g/mol. The molecule has 3 aromatic rings. The number of alkyl halides is 2. The van der Waals surface area contributed by atoms with Gasteiger partial charge in [-0.05, 0) is 55.2 Å². The third-order valence-corrected chi connectivity index (χ3v) is 8.69. The van der Waals surface area contributed by atoms with Crippen LogP contribution < -0.4 is 0 Å². The summed E-state index contributed by atoms with van der Waals surface area (Å²) in [6.45, 7) is -0.260. The quantitative estimate of drug-likeness (QED) is 0.210. The number of rotatable bonds is 7. The molecule has 5 nitrogen and oxygen atoms in total. The van der Waals surface area contributed by atoms with Crippen LogP contribution in [0.2, 0.25) is 0 Å². The van der Waals surface area contributed by atoms with Crippen molar-refractivity contribution in [3.8, 4) is 0 Å². The lowest BCUT2D eigenvalue weighted by Gasteiger charge is -2.23. The molecule has 4 rings (SSSR count). The van der Waals surface area contributed by atoms with Gasteiger partial charge in [-0.3, -0.25) is 0 Å². The third kappa shape index (κ3) is 7.62. The van der Waals surface area contributed by atoms with E-state index < -0.39 is 21.3 Å². The topological polar surface area (TPSA) is 83.5 Å². The van der Waals surface area contributed by atoms with E-state index in [0.29, 0.717) is 0 Å². The van der Waals surface area contributed by atoms with Crippen LogP contribution in [-0.2, 0) is 30.5 Å². The van der Waals surface area contributed by atoms with Crippen molar-refractivity contribution in [2.45, 2.75) is 52.0 Å². The Morgan fingerprint density at radius 3 is 1.56 bits per heavy atom. The molecule has 0 amide bonds. The molecule has 0 bridgehead atoms. The highest BCUT2D eigenvalue weighted by atomic mass is 32.2. The number of ether oxygens (including phenoxy) is 1. The molecule has 36 heavy (non-hydrogen) atoms. The Hall–Kier alpha value is -2.75. The average molecular weight is 535 g/mol. The van der Waals surface area contributed by atoms with Gasteiger partial charge in [-0.1, -0.05) is 73.9 Å². The van der Waals surface area contributed by atoms with Gasteiger partial charge in [0, 0.05) is 0 Å². The van der Waals surface area contributed by atoms with Crippen molar-refractivity contribution in [2.75, 3.05) is 6.61 Å². The SMILES string of the molecule is O=C(OCC1CCCCC1)C(F)(F)S(=O)(=O)[O-].c1ccc([S+](c2ccccc2)c2ccccc2)cc1. The van der Waals surface area contributed by atoms with Gasteiger partial charge >= 0.3 is 11.2 Å². The molecule has 3 aromatic carbocycles. The molecule has 192 valence electrons. The van der Waals surface area contributed by atoms with Gasteiger partial charge in [-0.25, -0.2) is 13.2 Å². The predicted molar refractivity (Wildman–Crippen MR) is 134 cm³/mol. The fourth-order valence-corrected chi connectivity index (χ4v) is 6.18. The molecule has 0 radical (unpaired) electrons. The van der Waals surface area contributed by atoms with Gasteiger partial charge < -0.3 is 9.29 Å². The van der Waals surface area contributed by atoms with E-state index in [1.807, 2.05) is 0 Å². The molecule has 1 fully saturated rings. The Morgan fingerprint density at radius 2 is 1.19 bits per heavy atom. The third-order valence-electron chi connectivity index (χ3n) is 5.66. The van der Waals surface area contributed by atoms with Crippen LogP contribution in [0.4, 0.5) is 8.78 Å². The summed E-state index contributed by atoms with van der Waals surface area (Å²) < 4.78 is 60.0. The second-order valence-corrected chi connectivity index (χ2v) is 11.8. The normalized spacial score (nSPS) is 14.6. The minimum Gasteiger partial charge on any atom is -0.743 e. The minimum atomic E-state index is -6.01. The summed E-state index contributed by atoms with van der Waals surface area (Å²) in [6, 6.07) is 32.2. The zero-order chi connectivity index (χ0) is 26.0. The zero-order valence-electron chi connectivity index (χ0n) is 19.6. The Bertz CT molecular complexity index is 1090. The maximum absolute atomic E-state index is 12.7. The first-order valence-corrected chi connectivity index (χ1v) is 14.2. The van der Waals surface area contributed by atoms with Crippen LogP contribution >= 0.6 is 0 Å². The smallest absolute Gasteiger partial charge is 0.428 e. The van der Waals surface area contributed by atoms with Crippen LogP contribution in [0, 0.1) is 5.92 Å². The maximum atomic E-state index is 12.7. The van der Waals surface area contributed by atoms with E-state index in [1.54, 1.807) is 0 Å². The van der Waals surface area contributed by atoms with Crippen molar-refractivity contribution in [1.29, 1.82) is 0 Å². The molecule has 0 atom stereocenters. The van der Waals surface area contributed by atoms with Crippen LogP contribution in [0.3, 0.4) is 0 Å². The molecule has 9 heteroatoms. The number of esters is 1. The van der Waals surface area contributed by atoms with Crippen LogP contribution in [0.25, 0.3) is 0 Å². The number of halogens is 2. The van der Waals surface area contributed by atoms with Gasteiger partial charge in [0.05, 0.1) is 17.5 Å². The Morgan fingerprint density at radius 1 is 0.806 bits per heavy atom. The second-order valence-electron chi connectivity index (χ2n) is 8.32. The van der Waals surface area contributed by atoms with E-state index >= 15 is 0 Å². The molecule has 0 aromatic heterocycles. The van der Waals surface area contributed by atoms with Crippen LogP contribution in [0.1, 0.15) is 32.1 Å². The second kappa shape index (κ2) is 13.0. The highest BCUT2D eigenvalue weighted by Crippen LogP contribution is 2.30. The summed E-state index contributed by atoms with van der Waals surface area (Å²) >= 11 is 0. The Labute approximate surface area is 213 Å². The number of carbonyl (C=O) groups excluding carboxylic acids is 1. The summed E-state index contributed by atoms with van der Waals surface area (Å²) in [7, 11) is -6.03. The standard InChI is InChI=1S/C18H15S.C9H14F2O5S/c1-4-10-16(11-5-1)19(17-12-6-2-7-13-17)18-14-8-3-9-15-18;10-9(11,17(13,14)15)8(12)16-6-7-4-2-1-3-5-7/h1-15H;7H,1-6H2,(H,13,14,15)/q+1;/p-1. The molecule has 0 unspecified atom stereocenters. The van der Waals surface area contributed by atoms with Gasteiger partial charge in [0.25, 0.3) is 0 Å². The lowest BCUT2D eigenvalue weighted by molar-refractivity contribution is -0.163. The van der Waals surface area contributed by atoms with Crippen molar-refractivity contribution in [2.24, 2.45) is 5.92 Å². The summed E-state index contributed by atoms with van der Waals surface area (Å²) in [4.78, 5) is 14.9. The zero-order valence-corrected chi connectivity index (χ0v) is 21.2. The largest absolute Gasteiger partial charge is 0.743 e. The van der Waals surface area contributed by atoms with E-state index in [0.717, 1.165) is 32.1 Å². The molecular formula is C27H28F2O5S2. The highest BCUT2D eigenvalue weighted by Gasteiger charge is 2.48. The van der Waals surface area contributed by atoms with Crippen molar-refractivity contribution >= 4 is 27.0 Å². The van der Waals surface area contributed by atoms with Gasteiger partial charge in [-0.2, -0.15) is 8.78 Å². The highest BCUT2D eigenvalue weighted by molar-refractivity contribution is 7.97. The predicted octanol–water partition coefficient (Wildman–Crippen LogP) is 6.03. The van der Waals surface area contributed by atoms with Gasteiger partial charge in [-0.15, -0.1) is 0 Å². The van der Waals surface area contributed by atoms with E-state index in [4.69, 9.17) is 0 Å². The lowest BCUT2D eigenvalue weighted by atomic mass is 9.90. The fraction of sp³-hybridized carbons (Fsp3) is 0.296. The van der Waals surface area contributed by atoms with Crippen molar-refractivity contribution in [1.82, 2.24) is 0 Å². The van der Waals surface area contributed by atoms with E-state index in [9.17, 15) is 26.5 Å². The van der Waals surface area contributed by atoms with Crippen LogP contribution in [0.15, 0.2) is 106 Å². The molecule has 0 N–H and O–H groups in total. The van der Waals surface area contributed by atoms with Crippen molar-refractivity contribution in [3.05, 3.63) is 91.0 Å². The van der Waals surface area contributed by atoms with Crippen LogP contribution in [-0.4, -0.2) is 30.8 Å². The molecule has 0 aliphatic heterocycles. The first kappa shape index (κ1) is 27.8. The fourth-order valence-electron chi connectivity index (χ4n) is 3.81. The van der Waals surface area contributed by atoms with E-state index in [2.05, 4.69) is 95.7 Å². The van der Waals surface area contributed by atoms with Crippen molar-refractivity contribution < 1.29 is 31.3 Å². The van der Waals surface area contributed by atoms with Gasteiger partial charge in [0.15, 0.2) is 24.8 Å². The number of hydrogen-bond donors (Lipinski definition) is 0. The molecule has 0 heterocycles. The Kier molecular flexibility index (Phi) is 10.0. The first-order chi connectivity index (χ1) is 17.2. The summed E-state index contributed by atoms with van der Waals surface area (Å²) in [5.41, 5.74) is 0. The van der Waals surface area contributed by atoms with Gasteiger partial charge in [0.1, 0.15) is 0 Å².